The van der Waals surface area contributed by atoms with Crippen LogP contribution in [0.1, 0.15) is 47.5 Å². The van der Waals surface area contributed by atoms with Crippen molar-refractivity contribution in [2.75, 3.05) is 0 Å². The lowest BCUT2D eigenvalue weighted by Crippen LogP contribution is -1.91. The maximum atomic E-state index is 4.12. The highest BCUT2D eigenvalue weighted by Crippen LogP contribution is 2.18. The largest absolute Gasteiger partial charge is 0.0956 e. The first-order valence-corrected chi connectivity index (χ1v) is 5.46. The van der Waals surface area contributed by atoms with E-state index in [-0.39, 0.29) is 0 Å². The van der Waals surface area contributed by atoms with Crippen molar-refractivity contribution in [3.8, 4) is 0 Å². The molecule has 0 aliphatic heterocycles. The first-order valence-electron chi connectivity index (χ1n) is 5.46. The lowest BCUT2D eigenvalue weighted by atomic mass is 9.98. The van der Waals surface area contributed by atoms with Crippen LogP contribution in [0.2, 0.25) is 0 Å². The van der Waals surface area contributed by atoms with Crippen LogP contribution in [0, 0.1) is 5.92 Å². The molecule has 80 valence electrons. The minimum atomic E-state index is 0.766. The second-order valence-corrected chi connectivity index (χ2v) is 4.40. The van der Waals surface area contributed by atoms with E-state index in [1.807, 2.05) is 0 Å². The lowest BCUT2D eigenvalue weighted by Gasteiger charge is -2.08. The molecule has 0 aromatic rings. The van der Waals surface area contributed by atoms with Crippen LogP contribution in [0.15, 0.2) is 35.5 Å². The van der Waals surface area contributed by atoms with Crippen LogP contribution in [0.5, 0.6) is 0 Å². The fourth-order valence-corrected chi connectivity index (χ4v) is 1.19. The summed E-state index contributed by atoms with van der Waals surface area (Å²) in [5.74, 6) is 0.766. The van der Waals surface area contributed by atoms with E-state index >= 15 is 0 Å². The summed E-state index contributed by atoms with van der Waals surface area (Å²) in [6.45, 7) is 15.0. The molecule has 0 heterocycles. The van der Waals surface area contributed by atoms with Crippen LogP contribution >= 0.6 is 0 Å². The summed E-state index contributed by atoms with van der Waals surface area (Å²) in [4.78, 5) is 0. The third-order valence-electron chi connectivity index (χ3n) is 2.48. The number of rotatable bonds is 5. The molecule has 0 spiro atoms. The standard InChI is InChI=1S/C14H24/c1-7-12(4)10-14(6)13(5)9-8-11(2)3/h7,10-11H,5,8-9H2,1-4,6H3/b12-7-,14-10-. The van der Waals surface area contributed by atoms with Gasteiger partial charge in [0.25, 0.3) is 0 Å². The molecule has 0 aliphatic carbocycles. The third-order valence-corrected chi connectivity index (χ3v) is 2.48. The minimum absolute atomic E-state index is 0.766. The molecule has 0 amide bonds. The average molecular weight is 192 g/mol. The van der Waals surface area contributed by atoms with Crippen LogP contribution in [0.25, 0.3) is 0 Å². The van der Waals surface area contributed by atoms with E-state index in [2.05, 4.69) is 53.3 Å². The van der Waals surface area contributed by atoms with Gasteiger partial charge >= 0.3 is 0 Å². The second-order valence-electron chi connectivity index (χ2n) is 4.40. The first-order chi connectivity index (χ1) is 6.47. The summed E-state index contributed by atoms with van der Waals surface area (Å²) >= 11 is 0. The number of hydrogen-bond donors (Lipinski definition) is 0. The highest BCUT2D eigenvalue weighted by Gasteiger charge is 1.99. The monoisotopic (exact) mass is 192 g/mol. The Kier molecular flexibility index (Phi) is 6.27. The van der Waals surface area contributed by atoms with Crippen molar-refractivity contribution in [2.24, 2.45) is 5.92 Å². The quantitative estimate of drug-likeness (QED) is 0.544. The minimum Gasteiger partial charge on any atom is -0.0956 e. The molecule has 14 heavy (non-hydrogen) atoms. The zero-order chi connectivity index (χ0) is 11.1. The van der Waals surface area contributed by atoms with Crippen LogP contribution in [0.4, 0.5) is 0 Å². The molecule has 0 aliphatic rings. The number of hydrogen-bond acceptors (Lipinski definition) is 0. The van der Waals surface area contributed by atoms with Gasteiger partial charge in [-0.25, -0.2) is 0 Å². The van der Waals surface area contributed by atoms with Gasteiger partial charge in [0.15, 0.2) is 0 Å². The molecule has 0 fully saturated rings. The van der Waals surface area contributed by atoms with Gasteiger partial charge in [0.1, 0.15) is 0 Å². The highest BCUT2D eigenvalue weighted by atomic mass is 14.1. The smallest absolute Gasteiger partial charge is 0.0280 e. The Hall–Kier alpha value is -0.780. The first kappa shape index (κ1) is 13.2. The Balaban J connectivity index is 4.19. The Morgan fingerprint density at radius 2 is 1.86 bits per heavy atom. The van der Waals surface area contributed by atoms with Crippen LogP contribution < -0.4 is 0 Å². The molecular formula is C14H24. The summed E-state index contributed by atoms with van der Waals surface area (Å²) in [6.07, 6.45) is 6.69. The van der Waals surface area contributed by atoms with E-state index in [0.717, 1.165) is 12.3 Å². The van der Waals surface area contributed by atoms with Crippen molar-refractivity contribution in [1.29, 1.82) is 0 Å². The van der Waals surface area contributed by atoms with Crippen molar-refractivity contribution < 1.29 is 0 Å². The maximum Gasteiger partial charge on any atom is -0.0280 e. The van der Waals surface area contributed by atoms with E-state index in [1.165, 1.54) is 23.1 Å². The molecule has 0 N–H and O–H groups in total. The Morgan fingerprint density at radius 3 is 2.29 bits per heavy atom. The SMILES string of the molecule is C=C(CCC(C)C)/C(C)=C\C(C)=C/C. The molecule has 0 rings (SSSR count). The normalized spacial score (nSPS) is 13.6. The summed E-state index contributed by atoms with van der Waals surface area (Å²) in [5, 5.41) is 0. The molecule has 0 aromatic carbocycles. The Morgan fingerprint density at radius 1 is 1.29 bits per heavy atom. The zero-order valence-corrected chi connectivity index (χ0v) is 10.4. The van der Waals surface area contributed by atoms with Gasteiger partial charge in [-0.05, 0) is 45.1 Å². The molecule has 0 atom stereocenters. The van der Waals surface area contributed by atoms with Crippen LogP contribution in [0.3, 0.4) is 0 Å². The van der Waals surface area contributed by atoms with Gasteiger partial charge < -0.3 is 0 Å². The highest BCUT2D eigenvalue weighted by molar-refractivity contribution is 5.33. The predicted molar refractivity (Wildman–Crippen MR) is 66.4 cm³/mol. The zero-order valence-electron chi connectivity index (χ0n) is 10.4. The third kappa shape index (κ3) is 5.80. The molecule has 0 heteroatoms. The lowest BCUT2D eigenvalue weighted by molar-refractivity contribution is 0.587. The molecule has 0 nitrogen and oxygen atoms in total. The van der Waals surface area contributed by atoms with Gasteiger partial charge in [0, 0.05) is 0 Å². The van der Waals surface area contributed by atoms with Crippen molar-refractivity contribution >= 4 is 0 Å². The van der Waals surface area contributed by atoms with Crippen LogP contribution in [-0.4, -0.2) is 0 Å². The topological polar surface area (TPSA) is 0 Å². The van der Waals surface area contributed by atoms with Gasteiger partial charge in [0.2, 0.25) is 0 Å². The van der Waals surface area contributed by atoms with Crippen molar-refractivity contribution in [2.45, 2.75) is 47.5 Å². The molecule has 0 saturated carbocycles. The van der Waals surface area contributed by atoms with Gasteiger partial charge in [-0.2, -0.15) is 0 Å². The van der Waals surface area contributed by atoms with E-state index in [9.17, 15) is 0 Å². The van der Waals surface area contributed by atoms with E-state index in [4.69, 9.17) is 0 Å². The van der Waals surface area contributed by atoms with Crippen molar-refractivity contribution in [3.05, 3.63) is 35.5 Å². The second kappa shape index (κ2) is 6.64. The van der Waals surface area contributed by atoms with E-state index in [0.29, 0.717) is 0 Å². The molecular weight excluding hydrogens is 168 g/mol. The summed E-state index contributed by atoms with van der Waals surface area (Å²) in [6, 6.07) is 0. The predicted octanol–water partition coefficient (Wildman–Crippen LogP) is 4.89. The summed E-state index contributed by atoms with van der Waals surface area (Å²) in [7, 11) is 0. The summed E-state index contributed by atoms with van der Waals surface area (Å²) < 4.78 is 0. The van der Waals surface area contributed by atoms with Crippen molar-refractivity contribution in [1.82, 2.24) is 0 Å². The van der Waals surface area contributed by atoms with E-state index in [1.54, 1.807) is 0 Å². The molecule has 0 unspecified atom stereocenters. The maximum absolute atomic E-state index is 4.12. The molecule has 0 saturated heterocycles. The van der Waals surface area contributed by atoms with Gasteiger partial charge in [0.05, 0.1) is 0 Å². The molecule has 0 aromatic heterocycles. The molecule has 0 radical (unpaired) electrons. The average Bonchev–Trinajstić information content (AvgIpc) is 2.13. The fourth-order valence-electron chi connectivity index (χ4n) is 1.19. The van der Waals surface area contributed by atoms with Gasteiger partial charge in [-0.3, -0.25) is 0 Å². The van der Waals surface area contributed by atoms with Crippen molar-refractivity contribution in [3.63, 3.8) is 0 Å². The van der Waals surface area contributed by atoms with E-state index < -0.39 is 0 Å². The Bertz CT molecular complexity index is 239. The summed E-state index contributed by atoms with van der Waals surface area (Å²) in [5.41, 5.74) is 3.91. The van der Waals surface area contributed by atoms with Crippen LogP contribution in [-0.2, 0) is 0 Å². The molecule has 0 bridgehead atoms. The fraction of sp³-hybridized carbons (Fsp3) is 0.571. The Labute approximate surface area is 89.4 Å². The van der Waals surface area contributed by atoms with Gasteiger partial charge in [-0.15, -0.1) is 0 Å². The van der Waals surface area contributed by atoms with Gasteiger partial charge in [-0.1, -0.05) is 43.7 Å². The number of allylic oxidation sites excluding steroid dienone is 5.